The van der Waals surface area contributed by atoms with Gasteiger partial charge in [-0.25, -0.2) is 4.98 Å². The molecule has 0 bridgehead atoms. The number of anilines is 1. The van der Waals surface area contributed by atoms with Gasteiger partial charge in [-0.2, -0.15) is 0 Å². The summed E-state index contributed by atoms with van der Waals surface area (Å²) < 4.78 is 5.78. The summed E-state index contributed by atoms with van der Waals surface area (Å²) in [6.07, 6.45) is 4.98. The van der Waals surface area contributed by atoms with Gasteiger partial charge >= 0.3 is 0 Å². The number of rotatable bonds is 6. The Balaban J connectivity index is 1.65. The second kappa shape index (κ2) is 6.54. The molecular formula is C18H23N3O2. The minimum Gasteiger partial charge on any atom is -0.440 e. The Morgan fingerprint density at radius 3 is 2.70 bits per heavy atom. The highest BCUT2D eigenvalue weighted by molar-refractivity contribution is 5.95. The van der Waals surface area contributed by atoms with Crippen LogP contribution < -0.4 is 11.1 Å². The molecule has 0 saturated heterocycles. The molecule has 3 N–H and O–H groups in total. The first kappa shape index (κ1) is 15.7. The molecule has 1 amide bonds. The zero-order valence-electron chi connectivity index (χ0n) is 13.6. The van der Waals surface area contributed by atoms with E-state index in [4.69, 9.17) is 10.2 Å². The summed E-state index contributed by atoms with van der Waals surface area (Å²) in [6.45, 7) is 4.01. The van der Waals surface area contributed by atoms with Gasteiger partial charge in [-0.15, -0.1) is 0 Å². The number of nitrogens with one attached hydrogen (secondary N) is 1. The van der Waals surface area contributed by atoms with E-state index in [1.807, 2.05) is 38.1 Å². The van der Waals surface area contributed by atoms with E-state index in [0.717, 1.165) is 29.3 Å². The maximum Gasteiger partial charge on any atom is 0.241 e. The number of nitrogens with two attached hydrogens (primary N) is 1. The average Bonchev–Trinajstić information content (AvgIpc) is 3.31. The normalized spacial score (nSPS) is 16.8. The van der Waals surface area contributed by atoms with Crippen molar-refractivity contribution in [2.75, 3.05) is 5.32 Å². The van der Waals surface area contributed by atoms with Crippen LogP contribution in [-0.2, 0) is 4.79 Å². The van der Waals surface area contributed by atoms with Crippen LogP contribution in [0.5, 0.6) is 0 Å². The molecule has 2 aromatic rings. The molecule has 23 heavy (non-hydrogen) atoms. The van der Waals surface area contributed by atoms with Crippen LogP contribution in [0.25, 0.3) is 11.3 Å². The zero-order valence-corrected chi connectivity index (χ0v) is 13.6. The highest BCUT2D eigenvalue weighted by atomic mass is 16.4. The van der Waals surface area contributed by atoms with Gasteiger partial charge in [0.2, 0.25) is 5.91 Å². The molecule has 1 saturated carbocycles. The van der Waals surface area contributed by atoms with Gasteiger partial charge in [-0.05, 0) is 43.0 Å². The third-order valence-electron chi connectivity index (χ3n) is 4.45. The molecule has 3 rings (SSSR count). The summed E-state index contributed by atoms with van der Waals surface area (Å²) >= 11 is 0. The zero-order chi connectivity index (χ0) is 16.4. The third kappa shape index (κ3) is 3.62. The Morgan fingerprint density at radius 2 is 2.09 bits per heavy atom. The van der Waals surface area contributed by atoms with Gasteiger partial charge in [0, 0.05) is 17.2 Å². The van der Waals surface area contributed by atoms with Gasteiger partial charge in [0.25, 0.3) is 0 Å². The smallest absolute Gasteiger partial charge is 0.241 e. The second-order valence-electron chi connectivity index (χ2n) is 6.31. The van der Waals surface area contributed by atoms with Crippen molar-refractivity contribution in [3.8, 4) is 11.3 Å². The standard InChI is InChI=1S/C18H23N3O2/c1-3-11(2)16(19)17(22)21-14-8-6-12(7-9-14)15-10-20-18(23-15)13-4-5-13/h6-11,13,16H,3-5,19H2,1-2H3,(H,21,22). The number of hydrogen-bond acceptors (Lipinski definition) is 4. The number of aromatic nitrogens is 1. The van der Waals surface area contributed by atoms with E-state index in [0.29, 0.717) is 5.92 Å². The lowest BCUT2D eigenvalue weighted by Gasteiger charge is -2.17. The van der Waals surface area contributed by atoms with Crippen molar-refractivity contribution in [2.45, 2.75) is 45.1 Å². The maximum atomic E-state index is 12.1. The third-order valence-corrected chi connectivity index (χ3v) is 4.45. The summed E-state index contributed by atoms with van der Waals surface area (Å²) in [5.41, 5.74) is 7.63. The number of carbonyl (C=O) groups is 1. The van der Waals surface area contributed by atoms with Crippen molar-refractivity contribution in [3.05, 3.63) is 36.4 Å². The Labute approximate surface area is 136 Å². The van der Waals surface area contributed by atoms with E-state index in [1.54, 1.807) is 6.20 Å². The molecular weight excluding hydrogens is 290 g/mol. The first-order valence-corrected chi connectivity index (χ1v) is 8.21. The van der Waals surface area contributed by atoms with Crippen molar-refractivity contribution in [3.63, 3.8) is 0 Å². The molecule has 0 radical (unpaired) electrons. The summed E-state index contributed by atoms with van der Waals surface area (Å²) in [5, 5.41) is 2.86. The number of oxazole rings is 1. The van der Waals surface area contributed by atoms with Gasteiger partial charge < -0.3 is 15.5 Å². The monoisotopic (exact) mass is 313 g/mol. The van der Waals surface area contributed by atoms with E-state index in [-0.39, 0.29) is 11.8 Å². The van der Waals surface area contributed by atoms with Crippen LogP contribution in [0.1, 0.15) is 44.9 Å². The maximum absolute atomic E-state index is 12.1. The highest BCUT2D eigenvalue weighted by Gasteiger charge is 2.28. The molecule has 1 fully saturated rings. The van der Waals surface area contributed by atoms with Crippen LogP contribution in [-0.4, -0.2) is 16.9 Å². The molecule has 1 aliphatic carbocycles. The number of benzene rings is 1. The Morgan fingerprint density at radius 1 is 1.39 bits per heavy atom. The van der Waals surface area contributed by atoms with Gasteiger partial charge in [-0.1, -0.05) is 20.3 Å². The molecule has 2 unspecified atom stereocenters. The molecule has 1 aromatic carbocycles. The van der Waals surface area contributed by atoms with Crippen molar-refractivity contribution < 1.29 is 9.21 Å². The summed E-state index contributed by atoms with van der Waals surface area (Å²) in [6, 6.07) is 7.06. The van der Waals surface area contributed by atoms with Crippen LogP contribution in [0.15, 0.2) is 34.9 Å². The average molecular weight is 313 g/mol. The molecule has 0 aliphatic heterocycles. The lowest BCUT2D eigenvalue weighted by Crippen LogP contribution is -2.40. The molecule has 1 heterocycles. The molecule has 122 valence electrons. The second-order valence-corrected chi connectivity index (χ2v) is 6.31. The molecule has 0 spiro atoms. The molecule has 5 heteroatoms. The highest BCUT2D eigenvalue weighted by Crippen LogP contribution is 2.40. The number of hydrogen-bond donors (Lipinski definition) is 2. The number of nitrogens with zero attached hydrogens (tertiary/aromatic N) is 1. The summed E-state index contributed by atoms with van der Waals surface area (Å²) in [4.78, 5) is 16.4. The lowest BCUT2D eigenvalue weighted by atomic mass is 9.99. The Kier molecular flexibility index (Phi) is 4.48. The van der Waals surface area contributed by atoms with Gasteiger partial charge in [0.05, 0.1) is 12.2 Å². The SMILES string of the molecule is CCC(C)C(N)C(=O)Nc1ccc(-c2cnc(C3CC3)o2)cc1. The fraction of sp³-hybridized carbons (Fsp3) is 0.444. The first-order valence-electron chi connectivity index (χ1n) is 8.21. The summed E-state index contributed by atoms with van der Waals surface area (Å²) in [7, 11) is 0. The molecule has 2 atom stereocenters. The Hall–Kier alpha value is -2.14. The molecule has 5 nitrogen and oxygen atoms in total. The van der Waals surface area contributed by atoms with Crippen molar-refractivity contribution >= 4 is 11.6 Å². The van der Waals surface area contributed by atoms with E-state index in [9.17, 15) is 4.79 Å². The van der Waals surface area contributed by atoms with Crippen molar-refractivity contribution in [1.82, 2.24) is 4.98 Å². The topological polar surface area (TPSA) is 81.2 Å². The Bertz CT molecular complexity index is 674. The van der Waals surface area contributed by atoms with Crippen LogP contribution in [0.2, 0.25) is 0 Å². The van der Waals surface area contributed by atoms with Gasteiger partial charge in [-0.3, -0.25) is 4.79 Å². The van der Waals surface area contributed by atoms with Crippen molar-refractivity contribution in [1.29, 1.82) is 0 Å². The van der Waals surface area contributed by atoms with Crippen LogP contribution in [0, 0.1) is 5.92 Å². The summed E-state index contributed by atoms with van der Waals surface area (Å²) in [5.74, 6) is 2.11. The molecule has 1 aliphatic rings. The fourth-order valence-corrected chi connectivity index (χ4v) is 2.40. The van der Waals surface area contributed by atoms with E-state index in [2.05, 4.69) is 10.3 Å². The van der Waals surface area contributed by atoms with Gasteiger partial charge in [0.15, 0.2) is 11.7 Å². The van der Waals surface area contributed by atoms with E-state index in [1.165, 1.54) is 12.8 Å². The quantitative estimate of drug-likeness (QED) is 0.855. The number of amides is 1. The molecule has 1 aromatic heterocycles. The predicted octanol–water partition coefficient (Wildman–Crippen LogP) is 3.53. The largest absolute Gasteiger partial charge is 0.440 e. The first-order chi connectivity index (χ1) is 11.1. The van der Waals surface area contributed by atoms with Crippen molar-refractivity contribution in [2.24, 2.45) is 11.7 Å². The lowest BCUT2D eigenvalue weighted by molar-refractivity contribution is -0.118. The van der Waals surface area contributed by atoms with Gasteiger partial charge in [0.1, 0.15) is 0 Å². The minimum atomic E-state index is -0.491. The number of carbonyl (C=O) groups excluding carboxylic acids is 1. The van der Waals surface area contributed by atoms with E-state index < -0.39 is 6.04 Å². The fourth-order valence-electron chi connectivity index (χ4n) is 2.40. The van der Waals surface area contributed by atoms with E-state index >= 15 is 0 Å². The minimum absolute atomic E-state index is 0.150. The van der Waals surface area contributed by atoms with Crippen LogP contribution in [0.4, 0.5) is 5.69 Å². The van der Waals surface area contributed by atoms with Crippen LogP contribution >= 0.6 is 0 Å². The predicted molar refractivity (Wildman–Crippen MR) is 90.0 cm³/mol. The van der Waals surface area contributed by atoms with Crippen LogP contribution in [0.3, 0.4) is 0 Å².